The lowest BCUT2D eigenvalue weighted by Gasteiger charge is -2.19. The summed E-state index contributed by atoms with van der Waals surface area (Å²) in [6, 6.07) is 4.84. The number of nitriles is 1. The molecule has 1 aliphatic heterocycles. The molecule has 0 atom stereocenters. The van der Waals surface area contributed by atoms with Crippen molar-refractivity contribution in [3.8, 4) is 6.07 Å². The van der Waals surface area contributed by atoms with E-state index in [1.807, 2.05) is 6.07 Å². The summed E-state index contributed by atoms with van der Waals surface area (Å²) in [4.78, 5) is 19.0. The summed E-state index contributed by atoms with van der Waals surface area (Å²) in [5.74, 6) is -0.359. The van der Waals surface area contributed by atoms with Crippen LogP contribution < -0.4 is 4.90 Å². The minimum atomic E-state index is -0.638. The monoisotopic (exact) mass is 246 g/mol. The molecule has 0 unspecified atom stereocenters. The van der Waals surface area contributed by atoms with Crippen LogP contribution in [0.15, 0.2) is 12.1 Å². The predicted octanol–water partition coefficient (Wildman–Crippen LogP) is 0.861. The van der Waals surface area contributed by atoms with Gasteiger partial charge in [-0.3, -0.25) is 4.79 Å². The molecule has 2 heterocycles. The maximum atomic E-state index is 13.2. The number of anilines is 1. The van der Waals surface area contributed by atoms with Crippen molar-refractivity contribution in [2.75, 3.05) is 18.1 Å². The van der Waals surface area contributed by atoms with Gasteiger partial charge in [-0.2, -0.15) is 9.65 Å². The Morgan fingerprint density at radius 3 is 2.89 bits per heavy atom. The van der Waals surface area contributed by atoms with Crippen molar-refractivity contribution in [1.29, 1.82) is 5.26 Å². The third-order valence-electron chi connectivity index (χ3n) is 3.22. The highest BCUT2D eigenvalue weighted by molar-refractivity contribution is 5.85. The molecule has 3 rings (SSSR count). The highest BCUT2D eigenvalue weighted by Gasteiger charge is 2.39. The number of rotatable bonds is 2. The van der Waals surface area contributed by atoms with Crippen LogP contribution in [-0.4, -0.2) is 35.0 Å². The molecule has 2 fully saturated rings. The maximum Gasteiger partial charge on any atom is 0.243 e. The molecular weight excluding hydrogens is 235 g/mol. The van der Waals surface area contributed by atoms with Gasteiger partial charge in [0.1, 0.15) is 12.6 Å². The lowest BCUT2D eigenvalue weighted by molar-refractivity contribution is -0.127. The molecule has 92 valence electrons. The summed E-state index contributed by atoms with van der Waals surface area (Å²) in [5.41, 5.74) is 0.293. The van der Waals surface area contributed by atoms with E-state index in [9.17, 15) is 9.18 Å². The third-order valence-corrected chi connectivity index (χ3v) is 3.22. The summed E-state index contributed by atoms with van der Waals surface area (Å²) in [6.07, 6.45) is 2.06. The van der Waals surface area contributed by atoms with E-state index in [2.05, 4.69) is 4.98 Å². The van der Waals surface area contributed by atoms with Gasteiger partial charge in [0.25, 0.3) is 0 Å². The Kier molecular flexibility index (Phi) is 2.40. The summed E-state index contributed by atoms with van der Waals surface area (Å²) in [7, 11) is 0. The van der Waals surface area contributed by atoms with Gasteiger partial charge in [0.15, 0.2) is 5.82 Å². The quantitative estimate of drug-likeness (QED) is 0.726. The molecule has 5 nitrogen and oxygen atoms in total. The number of carbonyl (C=O) groups is 1. The number of hydrogen-bond donors (Lipinski definition) is 0. The largest absolute Gasteiger partial charge is 0.328 e. The van der Waals surface area contributed by atoms with Crippen molar-refractivity contribution >= 4 is 11.7 Å². The van der Waals surface area contributed by atoms with Gasteiger partial charge in [-0.25, -0.2) is 4.98 Å². The van der Waals surface area contributed by atoms with Crippen LogP contribution in [0.1, 0.15) is 18.4 Å². The topological polar surface area (TPSA) is 60.2 Å². The van der Waals surface area contributed by atoms with Crippen molar-refractivity contribution in [2.45, 2.75) is 18.9 Å². The number of nitrogens with zero attached hydrogens (tertiary/aromatic N) is 4. The molecule has 0 N–H and O–H groups in total. The fourth-order valence-electron chi connectivity index (χ4n) is 2.17. The molecule has 1 aromatic heterocycles. The van der Waals surface area contributed by atoms with E-state index >= 15 is 0 Å². The second-order valence-corrected chi connectivity index (χ2v) is 4.55. The lowest BCUT2D eigenvalue weighted by Crippen LogP contribution is -2.29. The first kappa shape index (κ1) is 11.0. The van der Waals surface area contributed by atoms with Crippen LogP contribution in [0.5, 0.6) is 0 Å². The molecule has 0 spiro atoms. The lowest BCUT2D eigenvalue weighted by atomic mass is 10.2. The van der Waals surface area contributed by atoms with Crippen LogP contribution in [0.3, 0.4) is 0 Å². The van der Waals surface area contributed by atoms with Crippen LogP contribution >= 0.6 is 0 Å². The first-order valence-corrected chi connectivity index (χ1v) is 5.80. The fraction of sp³-hybridized carbons (Fsp3) is 0.417. The molecule has 18 heavy (non-hydrogen) atoms. The summed E-state index contributed by atoms with van der Waals surface area (Å²) in [6.45, 7) is 0.566. The Bertz CT molecular complexity index is 549. The average molecular weight is 246 g/mol. The van der Waals surface area contributed by atoms with Crippen LogP contribution in [0, 0.1) is 17.3 Å². The zero-order valence-electron chi connectivity index (χ0n) is 9.64. The Hall–Kier alpha value is -2.16. The summed E-state index contributed by atoms with van der Waals surface area (Å²) in [5, 5.41) is 8.99. The maximum absolute atomic E-state index is 13.2. The van der Waals surface area contributed by atoms with Gasteiger partial charge >= 0.3 is 0 Å². The van der Waals surface area contributed by atoms with E-state index in [0.29, 0.717) is 18.3 Å². The van der Waals surface area contributed by atoms with Crippen LogP contribution in [0.25, 0.3) is 0 Å². The smallest absolute Gasteiger partial charge is 0.243 e. The molecule has 1 aliphatic carbocycles. The van der Waals surface area contributed by atoms with Gasteiger partial charge in [0.05, 0.1) is 12.2 Å². The van der Waals surface area contributed by atoms with E-state index < -0.39 is 5.95 Å². The van der Waals surface area contributed by atoms with Gasteiger partial charge in [-0.15, -0.1) is 0 Å². The van der Waals surface area contributed by atoms with E-state index in [0.717, 1.165) is 18.9 Å². The number of aromatic nitrogens is 1. The van der Waals surface area contributed by atoms with Gasteiger partial charge in [-0.05, 0) is 25.0 Å². The van der Waals surface area contributed by atoms with Crippen molar-refractivity contribution in [3.05, 3.63) is 23.6 Å². The van der Waals surface area contributed by atoms with E-state index in [4.69, 9.17) is 5.26 Å². The van der Waals surface area contributed by atoms with Crippen LogP contribution in [0.4, 0.5) is 10.2 Å². The Balaban J connectivity index is 1.89. The van der Waals surface area contributed by atoms with Crippen LogP contribution in [-0.2, 0) is 4.79 Å². The van der Waals surface area contributed by atoms with Crippen LogP contribution in [0.2, 0.25) is 0 Å². The highest BCUT2D eigenvalue weighted by Crippen LogP contribution is 2.31. The number of carbonyl (C=O) groups excluding carboxylic acids is 1. The zero-order chi connectivity index (χ0) is 12.7. The molecule has 6 heteroatoms. The van der Waals surface area contributed by atoms with Crippen molar-refractivity contribution in [2.24, 2.45) is 0 Å². The average Bonchev–Trinajstić information content (AvgIpc) is 3.13. The number of pyridine rings is 1. The fourth-order valence-corrected chi connectivity index (χ4v) is 2.17. The Morgan fingerprint density at radius 1 is 1.44 bits per heavy atom. The number of halogens is 1. The van der Waals surface area contributed by atoms with Crippen molar-refractivity contribution in [1.82, 2.24) is 9.88 Å². The molecule has 0 radical (unpaired) electrons. The number of amides is 1. The molecule has 1 saturated heterocycles. The zero-order valence-corrected chi connectivity index (χ0v) is 9.64. The molecule has 2 aliphatic rings. The second kappa shape index (κ2) is 3.95. The van der Waals surface area contributed by atoms with Crippen molar-refractivity contribution in [3.63, 3.8) is 0 Å². The molecule has 0 aromatic carbocycles. The Morgan fingerprint density at radius 2 is 2.22 bits per heavy atom. The third kappa shape index (κ3) is 1.78. The van der Waals surface area contributed by atoms with Gasteiger partial charge in [0, 0.05) is 6.04 Å². The SMILES string of the molecule is N#Cc1ccc(F)nc1N1CC(=O)N(C2CC2)C1. The van der Waals surface area contributed by atoms with E-state index in [-0.39, 0.29) is 18.3 Å². The van der Waals surface area contributed by atoms with Crippen molar-refractivity contribution < 1.29 is 9.18 Å². The second-order valence-electron chi connectivity index (χ2n) is 4.55. The molecule has 1 aromatic rings. The Labute approximate surface area is 103 Å². The predicted molar refractivity (Wildman–Crippen MR) is 61.0 cm³/mol. The normalized spacial score (nSPS) is 19.2. The molecule has 1 amide bonds. The minimum absolute atomic E-state index is 0.0208. The molecule has 1 saturated carbocycles. The van der Waals surface area contributed by atoms with Gasteiger partial charge in [0.2, 0.25) is 11.9 Å². The number of hydrogen-bond acceptors (Lipinski definition) is 4. The molecule has 0 bridgehead atoms. The first-order valence-electron chi connectivity index (χ1n) is 5.80. The highest BCUT2D eigenvalue weighted by atomic mass is 19.1. The first-order chi connectivity index (χ1) is 8.69. The standard InChI is InChI=1S/C12H11FN4O/c13-10-4-1-8(5-14)12(15-10)16-6-11(18)17(7-16)9-2-3-9/h1,4,9H,2-3,6-7H2. The summed E-state index contributed by atoms with van der Waals surface area (Å²) < 4.78 is 13.2. The summed E-state index contributed by atoms with van der Waals surface area (Å²) >= 11 is 0. The molecular formula is C12H11FN4O. The van der Waals surface area contributed by atoms with E-state index in [1.54, 1.807) is 9.80 Å². The van der Waals surface area contributed by atoms with E-state index in [1.165, 1.54) is 6.07 Å². The minimum Gasteiger partial charge on any atom is -0.328 e. The van der Waals surface area contributed by atoms with Gasteiger partial charge in [-0.1, -0.05) is 0 Å². The van der Waals surface area contributed by atoms with Gasteiger partial charge < -0.3 is 9.80 Å².